The van der Waals surface area contributed by atoms with E-state index in [9.17, 15) is 19.2 Å². The van der Waals surface area contributed by atoms with E-state index in [0.717, 1.165) is 31.6 Å². The van der Waals surface area contributed by atoms with Crippen LogP contribution in [0.25, 0.3) is 0 Å². The lowest BCUT2D eigenvalue weighted by molar-refractivity contribution is -0.147. The van der Waals surface area contributed by atoms with Gasteiger partial charge < -0.3 is 20.3 Å². The lowest BCUT2D eigenvalue weighted by atomic mass is 9.81. The van der Waals surface area contributed by atoms with E-state index in [-0.39, 0.29) is 41.4 Å². The molecule has 0 aromatic rings. The summed E-state index contributed by atoms with van der Waals surface area (Å²) in [6.45, 7) is 7.74. The summed E-state index contributed by atoms with van der Waals surface area (Å²) < 4.78 is 4.92. The highest BCUT2D eigenvalue weighted by molar-refractivity contribution is 5.92. The van der Waals surface area contributed by atoms with Crippen LogP contribution in [0.3, 0.4) is 0 Å². The van der Waals surface area contributed by atoms with Crippen molar-refractivity contribution in [1.29, 1.82) is 0 Å². The second-order valence-electron chi connectivity index (χ2n) is 11.4. The van der Waals surface area contributed by atoms with Crippen molar-refractivity contribution in [2.24, 2.45) is 35.0 Å². The number of amides is 3. The zero-order valence-electron chi connectivity index (χ0n) is 20.4. The number of esters is 1. The van der Waals surface area contributed by atoms with Crippen molar-refractivity contribution in [2.75, 3.05) is 20.2 Å². The van der Waals surface area contributed by atoms with Crippen molar-refractivity contribution in [2.45, 2.75) is 77.8 Å². The van der Waals surface area contributed by atoms with Gasteiger partial charge in [0.2, 0.25) is 17.7 Å². The highest BCUT2D eigenvalue weighted by Crippen LogP contribution is 2.65. The molecule has 0 bridgehead atoms. The van der Waals surface area contributed by atoms with E-state index in [0.29, 0.717) is 37.8 Å². The lowest BCUT2D eigenvalue weighted by Gasteiger charge is -2.33. The third-order valence-corrected chi connectivity index (χ3v) is 8.88. The van der Waals surface area contributed by atoms with Gasteiger partial charge in [0.1, 0.15) is 12.1 Å². The maximum atomic E-state index is 13.5. The first-order valence-electron chi connectivity index (χ1n) is 12.6. The van der Waals surface area contributed by atoms with Crippen LogP contribution in [-0.2, 0) is 23.9 Å². The van der Waals surface area contributed by atoms with Crippen LogP contribution in [0, 0.1) is 35.0 Å². The first-order chi connectivity index (χ1) is 15.6. The zero-order chi connectivity index (χ0) is 23.9. The average molecular weight is 462 g/mol. The molecule has 2 aliphatic carbocycles. The number of carbonyl (C=O) groups is 4. The van der Waals surface area contributed by atoms with E-state index >= 15 is 0 Å². The molecular formula is C25H39N3O5. The standard InChI is InChI=1S/C25H39N3O5/c1-14-5-7-15(8-6-14)11-19(29)28-13-17-20(25(17,2)3)21(28)23(31)27-18(24(32)33-4)12-16-9-10-26-22(16)30/h14-18,20-21H,5-13H2,1-4H3,(H,26,30)(H,27,31)/t14?,15?,16-,17-,18-,20-,21-/m0/s1. The maximum Gasteiger partial charge on any atom is 0.328 e. The van der Waals surface area contributed by atoms with Crippen LogP contribution < -0.4 is 10.6 Å². The Morgan fingerprint density at radius 1 is 1.18 bits per heavy atom. The summed E-state index contributed by atoms with van der Waals surface area (Å²) in [6.07, 6.45) is 5.81. The van der Waals surface area contributed by atoms with Crippen molar-refractivity contribution in [1.82, 2.24) is 15.5 Å². The molecule has 0 unspecified atom stereocenters. The molecule has 3 amide bonds. The summed E-state index contributed by atoms with van der Waals surface area (Å²) in [5.74, 6) is 0.312. The SMILES string of the molecule is COC(=O)[C@H](C[C@@H]1CCNC1=O)NC(=O)[C@@H]1[C@@H]2[C@H](CN1C(=O)CC1CCC(C)CC1)C2(C)C. The van der Waals surface area contributed by atoms with Crippen LogP contribution in [0.5, 0.6) is 0 Å². The number of carbonyl (C=O) groups excluding carboxylic acids is 4. The number of rotatable bonds is 7. The molecule has 0 aromatic carbocycles. The topological polar surface area (TPSA) is 105 Å². The second kappa shape index (κ2) is 9.26. The Labute approximate surface area is 196 Å². The molecule has 4 aliphatic rings. The molecular weight excluding hydrogens is 422 g/mol. The van der Waals surface area contributed by atoms with E-state index in [4.69, 9.17) is 4.74 Å². The molecule has 2 aliphatic heterocycles. The molecule has 2 saturated carbocycles. The van der Waals surface area contributed by atoms with Crippen molar-refractivity contribution in [3.63, 3.8) is 0 Å². The normalized spacial score (nSPS) is 35.4. The smallest absolute Gasteiger partial charge is 0.328 e. The van der Waals surface area contributed by atoms with Crippen molar-refractivity contribution in [3.8, 4) is 0 Å². The Morgan fingerprint density at radius 2 is 1.88 bits per heavy atom. The van der Waals surface area contributed by atoms with Gasteiger partial charge in [-0.25, -0.2) is 4.79 Å². The molecule has 8 nitrogen and oxygen atoms in total. The Balaban J connectivity index is 1.44. The first-order valence-corrected chi connectivity index (χ1v) is 12.6. The quantitative estimate of drug-likeness (QED) is 0.563. The Morgan fingerprint density at radius 3 is 2.48 bits per heavy atom. The van der Waals surface area contributed by atoms with Crippen LogP contribution in [0.4, 0.5) is 0 Å². The van der Waals surface area contributed by atoms with Gasteiger partial charge in [0.15, 0.2) is 0 Å². The molecule has 2 N–H and O–H groups in total. The molecule has 0 spiro atoms. The minimum Gasteiger partial charge on any atom is -0.467 e. The van der Waals surface area contributed by atoms with Gasteiger partial charge in [-0.05, 0) is 54.8 Å². The minimum atomic E-state index is -0.894. The van der Waals surface area contributed by atoms with E-state index in [1.165, 1.54) is 7.11 Å². The molecule has 0 radical (unpaired) electrons. The number of hydrogen-bond acceptors (Lipinski definition) is 5. The lowest BCUT2D eigenvalue weighted by Crippen LogP contribution is -2.54. The molecule has 33 heavy (non-hydrogen) atoms. The van der Waals surface area contributed by atoms with Gasteiger partial charge in [-0.3, -0.25) is 14.4 Å². The Hall–Kier alpha value is -2.12. The average Bonchev–Trinajstić information content (AvgIpc) is 3.14. The third-order valence-electron chi connectivity index (χ3n) is 8.88. The fraction of sp³-hybridized carbons (Fsp3) is 0.840. The van der Waals surface area contributed by atoms with Gasteiger partial charge in [0, 0.05) is 25.4 Å². The minimum absolute atomic E-state index is 0.00512. The predicted molar refractivity (Wildman–Crippen MR) is 122 cm³/mol. The number of nitrogens with one attached hydrogen (secondary N) is 2. The molecule has 2 saturated heterocycles. The summed E-state index contributed by atoms with van der Waals surface area (Å²) in [7, 11) is 1.28. The number of nitrogens with zero attached hydrogens (tertiary/aromatic N) is 1. The Kier molecular flexibility index (Phi) is 6.74. The Bertz CT molecular complexity index is 804. The summed E-state index contributed by atoms with van der Waals surface area (Å²) in [5.41, 5.74) is 0.00512. The van der Waals surface area contributed by atoms with Gasteiger partial charge in [-0.2, -0.15) is 0 Å². The zero-order valence-corrected chi connectivity index (χ0v) is 20.4. The highest BCUT2D eigenvalue weighted by atomic mass is 16.5. The molecule has 0 aromatic heterocycles. The van der Waals surface area contributed by atoms with Crippen LogP contribution in [0.1, 0.15) is 65.7 Å². The number of piperidine rings is 1. The van der Waals surface area contributed by atoms with Crippen molar-refractivity contribution >= 4 is 23.7 Å². The number of ether oxygens (including phenoxy) is 1. The second-order valence-corrected chi connectivity index (χ2v) is 11.4. The van der Waals surface area contributed by atoms with Crippen LogP contribution in [-0.4, -0.2) is 60.9 Å². The van der Waals surface area contributed by atoms with Gasteiger partial charge in [-0.15, -0.1) is 0 Å². The predicted octanol–water partition coefficient (Wildman–Crippen LogP) is 1.87. The molecule has 2 heterocycles. The van der Waals surface area contributed by atoms with E-state index in [1.807, 2.05) is 0 Å². The fourth-order valence-electron chi connectivity index (χ4n) is 6.51. The molecule has 5 atom stereocenters. The first kappa shape index (κ1) is 24.0. The number of fused-ring (bicyclic) bond motifs is 1. The van der Waals surface area contributed by atoms with Gasteiger partial charge in [0.25, 0.3) is 0 Å². The largest absolute Gasteiger partial charge is 0.467 e. The van der Waals surface area contributed by atoms with Gasteiger partial charge >= 0.3 is 5.97 Å². The van der Waals surface area contributed by atoms with Crippen molar-refractivity contribution < 1.29 is 23.9 Å². The summed E-state index contributed by atoms with van der Waals surface area (Å²) in [5, 5.41) is 5.63. The molecule has 184 valence electrons. The van der Waals surface area contributed by atoms with Crippen LogP contribution in [0.2, 0.25) is 0 Å². The monoisotopic (exact) mass is 461 g/mol. The summed E-state index contributed by atoms with van der Waals surface area (Å²) >= 11 is 0. The maximum absolute atomic E-state index is 13.5. The number of likely N-dealkylation sites (tertiary alicyclic amines) is 1. The van der Waals surface area contributed by atoms with E-state index < -0.39 is 18.1 Å². The molecule has 4 rings (SSSR count). The molecule has 8 heteroatoms. The molecule has 4 fully saturated rings. The number of hydrogen-bond donors (Lipinski definition) is 2. The van der Waals surface area contributed by atoms with Crippen molar-refractivity contribution in [3.05, 3.63) is 0 Å². The van der Waals surface area contributed by atoms with Gasteiger partial charge in [0.05, 0.1) is 7.11 Å². The summed E-state index contributed by atoms with van der Waals surface area (Å²) in [6, 6.07) is -1.46. The summed E-state index contributed by atoms with van der Waals surface area (Å²) in [4.78, 5) is 53.0. The third kappa shape index (κ3) is 4.76. The fourth-order valence-corrected chi connectivity index (χ4v) is 6.51. The van der Waals surface area contributed by atoms with Crippen LogP contribution >= 0.6 is 0 Å². The van der Waals surface area contributed by atoms with E-state index in [2.05, 4.69) is 31.4 Å². The van der Waals surface area contributed by atoms with Gasteiger partial charge in [-0.1, -0.05) is 33.6 Å². The van der Waals surface area contributed by atoms with E-state index in [1.54, 1.807) is 4.90 Å². The number of methoxy groups -OCH3 is 1. The van der Waals surface area contributed by atoms with Crippen LogP contribution in [0.15, 0.2) is 0 Å². The highest BCUT2D eigenvalue weighted by Gasteiger charge is 2.69.